The van der Waals surface area contributed by atoms with Crippen molar-refractivity contribution in [2.45, 2.75) is 143 Å². The molecule has 1 saturated heterocycles. The number of benzene rings is 1. The van der Waals surface area contributed by atoms with E-state index >= 15 is 0 Å². The Hall–Kier alpha value is -1.31. The minimum Gasteiger partial charge on any atom is -0.508 e. The van der Waals surface area contributed by atoms with E-state index in [4.69, 9.17) is 8.92 Å². The van der Waals surface area contributed by atoms with Gasteiger partial charge < -0.3 is 14.0 Å². The predicted octanol–water partition coefficient (Wildman–Crippen LogP) is 8.40. The summed E-state index contributed by atoms with van der Waals surface area (Å²) in [4.78, 5) is 0. The molecule has 240 valence electrons. The third-order valence-corrected chi connectivity index (χ3v) is 16.0. The van der Waals surface area contributed by atoms with Crippen LogP contribution in [0.5, 0.6) is 11.5 Å². The molecule has 6 nitrogen and oxygen atoms in total. The third kappa shape index (κ3) is 4.05. The molecule has 6 aliphatic rings. The van der Waals surface area contributed by atoms with Gasteiger partial charge >= 0.3 is 10.4 Å². The molecule has 0 amide bonds. The second-order valence-electron chi connectivity index (χ2n) is 17.6. The molecular weight excluding hydrogens is 560 g/mol. The molecule has 1 aromatic carbocycles. The molecule has 5 aliphatic carbocycles. The molecule has 0 bridgehead atoms. The van der Waals surface area contributed by atoms with Crippen molar-refractivity contribution in [3.05, 3.63) is 23.3 Å². The highest BCUT2D eigenvalue weighted by molar-refractivity contribution is 7.81. The first-order chi connectivity index (χ1) is 19.9. The normalized spacial score (nSPS) is 48.4. The summed E-state index contributed by atoms with van der Waals surface area (Å²) in [6.07, 6.45) is 14.0. The smallest absolute Gasteiger partial charge is 0.446 e. The van der Waals surface area contributed by atoms with Gasteiger partial charge in [0.1, 0.15) is 11.5 Å². The van der Waals surface area contributed by atoms with Crippen LogP contribution in [0.1, 0.15) is 130 Å². The largest absolute Gasteiger partial charge is 0.508 e. The molecule has 43 heavy (non-hydrogen) atoms. The van der Waals surface area contributed by atoms with Crippen molar-refractivity contribution in [3.63, 3.8) is 0 Å². The Bertz CT molecular complexity index is 1440. The van der Waals surface area contributed by atoms with E-state index in [1.807, 2.05) is 0 Å². The zero-order chi connectivity index (χ0) is 31.0. The minimum absolute atomic E-state index is 0.0221. The summed E-state index contributed by atoms with van der Waals surface area (Å²) in [5.41, 5.74) is 1.98. The maximum atomic E-state index is 11.8. The molecule has 0 aromatic heterocycles. The lowest BCUT2D eigenvalue weighted by Crippen LogP contribution is -2.52. The van der Waals surface area contributed by atoms with Gasteiger partial charge in [0.2, 0.25) is 0 Å². The van der Waals surface area contributed by atoms with Crippen LogP contribution in [0.25, 0.3) is 0 Å². The molecule has 7 rings (SSSR count). The maximum Gasteiger partial charge on any atom is 0.446 e. The van der Waals surface area contributed by atoms with Crippen LogP contribution in [0.2, 0.25) is 0 Å². The summed E-state index contributed by atoms with van der Waals surface area (Å²) < 4.78 is 45.6. The summed E-state index contributed by atoms with van der Waals surface area (Å²) in [7, 11) is -4.67. The van der Waals surface area contributed by atoms with Gasteiger partial charge in [-0.1, -0.05) is 48.0 Å². The van der Waals surface area contributed by atoms with Crippen molar-refractivity contribution in [1.29, 1.82) is 0 Å². The van der Waals surface area contributed by atoms with E-state index < -0.39 is 10.4 Å². The molecule has 7 heteroatoms. The molecule has 10 atom stereocenters. The van der Waals surface area contributed by atoms with Gasteiger partial charge in [-0.2, -0.15) is 8.42 Å². The van der Waals surface area contributed by atoms with Crippen molar-refractivity contribution in [3.8, 4) is 11.5 Å². The summed E-state index contributed by atoms with van der Waals surface area (Å²) in [6, 6.07) is 3.02. The molecular formula is C36H54O6S. The van der Waals surface area contributed by atoms with E-state index in [1.54, 1.807) is 0 Å². The predicted molar refractivity (Wildman–Crippen MR) is 167 cm³/mol. The fourth-order valence-electron chi connectivity index (χ4n) is 13.3. The number of ether oxygens (including phenoxy) is 1. The molecule has 1 aliphatic heterocycles. The Kier molecular flexibility index (Phi) is 6.46. The quantitative estimate of drug-likeness (QED) is 0.332. The van der Waals surface area contributed by atoms with Crippen LogP contribution >= 0.6 is 0 Å². The lowest BCUT2D eigenvalue weighted by Gasteiger charge is -2.56. The average Bonchev–Trinajstić information content (AvgIpc) is 3.46. The number of phenols is 1. The van der Waals surface area contributed by atoms with E-state index in [9.17, 15) is 18.1 Å². The van der Waals surface area contributed by atoms with Gasteiger partial charge in [-0.25, -0.2) is 0 Å². The molecule has 0 spiro atoms. The van der Waals surface area contributed by atoms with Gasteiger partial charge in [-0.15, -0.1) is 0 Å². The van der Waals surface area contributed by atoms with Crippen LogP contribution in [-0.4, -0.2) is 29.8 Å². The second-order valence-corrected chi connectivity index (χ2v) is 18.7. The van der Waals surface area contributed by atoms with Gasteiger partial charge in [-0.3, -0.25) is 4.55 Å². The second kappa shape index (κ2) is 9.15. The fourth-order valence-corrected chi connectivity index (χ4v) is 13.7. The van der Waals surface area contributed by atoms with Gasteiger partial charge in [0.25, 0.3) is 0 Å². The lowest BCUT2D eigenvalue weighted by atomic mass is 9.48. The van der Waals surface area contributed by atoms with Crippen LogP contribution < -0.4 is 4.18 Å². The number of fused-ring (bicyclic) bond motifs is 7. The molecule has 4 saturated carbocycles. The average molecular weight is 615 g/mol. The zero-order valence-electron chi connectivity index (χ0n) is 27.5. The van der Waals surface area contributed by atoms with Gasteiger partial charge in [0.15, 0.2) is 0 Å². The molecule has 2 N–H and O–H groups in total. The van der Waals surface area contributed by atoms with E-state index in [0.717, 1.165) is 43.2 Å². The number of hydrogen-bond acceptors (Lipinski definition) is 5. The Morgan fingerprint density at radius 2 is 1.51 bits per heavy atom. The summed E-state index contributed by atoms with van der Waals surface area (Å²) >= 11 is 0. The maximum absolute atomic E-state index is 11.8. The van der Waals surface area contributed by atoms with Crippen LogP contribution in [0, 0.1) is 45.3 Å². The van der Waals surface area contributed by atoms with Gasteiger partial charge in [0, 0.05) is 16.5 Å². The van der Waals surface area contributed by atoms with Crippen molar-refractivity contribution in [1.82, 2.24) is 0 Å². The lowest BCUT2D eigenvalue weighted by molar-refractivity contribution is -0.179. The SMILES string of the molecule is CC1(C)CCC[C@]2(C)OC3CC[C@](C)(C4CC[C@]5(C)C4CC[C@]4(C)c6c(OS(=O)(=O)O)ccc(O)c6CC54)[C@]3(C)CCC12. The number of rotatable bonds is 3. The van der Waals surface area contributed by atoms with E-state index in [-0.39, 0.29) is 44.7 Å². The number of hydrogen-bond donors (Lipinski definition) is 2. The van der Waals surface area contributed by atoms with Gasteiger partial charge in [0.05, 0.1) is 11.7 Å². The Morgan fingerprint density at radius 1 is 0.814 bits per heavy atom. The van der Waals surface area contributed by atoms with Crippen LogP contribution in [0.3, 0.4) is 0 Å². The molecule has 0 radical (unpaired) electrons. The molecule has 5 fully saturated rings. The van der Waals surface area contributed by atoms with Crippen molar-refractivity contribution >= 4 is 10.4 Å². The molecule has 1 aromatic rings. The Labute approximate surface area is 259 Å². The first-order valence-electron chi connectivity index (χ1n) is 17.1. The van der Waals surface area contributed by atoms with Crippen LogP contribution in [0.4, 0.5) is 0 Å². The third-order valence-electron chi connectivity index (χ3n) is 15.6. The first-order valence-corrected chi connectivity index (χ1v) is 18.4. The highest BCUT2D eigenvalue weighted by atomic mass is 32.3. The first kappa shape index (κ1) is 30.3. The summed E-state index contributed by atoms with van der Waals surface area (Å²) in [5, 5.41) is 11.0. The molecule has 1 heterocycles. The Balaban J connectivity index is 1.22. The highest BCUT2D eigenvalue weighted by Crippen LogP contribution is 2.74. The van der Waals surface area contributed by atoms with Crippen molar-refractivity contribution in [2.24, 2.45) is 45.3 Å². The number of aromatic hydroxyl groups is 1. The summed E-state index contributed by atoms with van der Waals surface area (Å²) in [5.74, 6) is 2.45. The van der Waals surface area contributed by atoms with Crippen molar-refractivity contribution in [2.75, 3.05) is 0 Å². The van der Waals surface area contributed by atoms with Crippen LogP contribution in [-0.2, 0) is 27.0 Å². The van der Waals surface area contributed by atoms with Crippen LogP contribution in [0.15, 0.2) is 12.1 Å². The van der Waals surface area contributed by atoms with E-state index in [2.05, 4.69) is 48.5 Å². The minimum atomic E-state index is -4.67. The number of phenolic OH excluding ortho intramolecular Hbond substituents is 1. The van der Waals surface area contributed by atoms with E-state index in [1.165, 1.54) is 57.1 Å². The summed E-state index contributed by atoms with van der Waals surface area (Å²) in [6.45, 7) is 17.3. The Morgan fingerprint density at radius 3 is 2.23 bits per heavy atom. The fraction of sp³-hybridized carbons (Fsp3) is 0.833. The standard InChI is InChI=1S/C36H54O6S/c1-31(2)15-8-16-36(7)27(31)13-19-35(6)29(41-36)14-20-34(35,5)24-12-17-32(3)23(24)11-18-33(4)28(32)21-22-25(37)9-10-26(30(22)33)42-43(38,39)40/h9-10,23-24,27-29,37H,8,11-21H2,1-7H3,(H,38,39,40)/t23?,24?,27?,28?,29?,32-,33+,34-,35-,36+/m1/s1. The van der Waals surface area contributed by atoms with E-state index in [0.29, 0.717) is 29.3 Å². The molecule has 5 unspecified atom stereocenters. The zero-order valence-corrected chi connectivity index (χ0v) is 28.3. The topological polar surface area (TPSA) is 93.1 Å². The highest BCUT2D eigenvalue weighted by Gasteiger charge is 2.69. The van der Waals surface area contributed by atoms with Gasteiger partial charge in [-0.05, 0) is 135 Å². The van der Waals surface area contributed by atoms with Crippen molar-refractivity contribution < 1.29 is 27.0 Å². The monoisotopic (exact) mass is 614 g/mol.